The van der Waals surface area contributed by atoms with Crippen molar-refractivity contribution in [2.24, 2.45) is 0 Å². The minimum Gasteiger partial charge on any atom is -0.477 e. The fourth-order valence-electron chi connectivity index (χ4n) is 2.88. The number of carbonyl (C=O) groups is 1. The van der Waals surface area contributed by atoms with Crippen molar-refractivity contribution >= 4 is 16.9 Å². The van der Waals surface area contributed by atoms with Gasteiger partial charge in [0.15, 0.2) is 0 Å². The average Bonchev–Trinajstić information content (AvgIpc) is 2.85. The molecule has 1 aromatic heterocycles. The standard InChI is InChI=1S/C18H15F2NO2/c1-9(2)13-4-3-5-14-15(17(18(22)23)21-16(13)14)10-6-11(19)8-12(20)7-10/h3-9,21H,1-2H3,(H,22,23). The van der Waals surface area contributed by atoms with E-state index in [1.165, 1.54) is 0 Å². The molecule has 0 atom stereocenters. The summed E-state index contributed by atoms with van der Waals surface area (Å²) in [6.07, 6.45) is 0. The molecule has 0 bridgehead atoms. The van der Waals surface area contributed by atoms with Gasteiger partial charge in [-0.1, -0.05) is 32.0 Å². The Kier molecular flexibility index (Phi) is 3.64. The Morgan fingerprint density at radius 1 is 1.13 bits per heavy atom. The zero-order valence-corrected chi connectivity index (χ0v) is 12.7. The number of nitrogens with one attached hydrogen (secondary N) is 1. The highest BCUT2D eigenvalue weighted by Crippen LogP contribution is 2.36. The average molecular weight is 315 g/mol. The van der Waals surface area contributed by atoms with Crippen LogP contribution in [0.4, 0.5) is 8.78 Å². The van der Waals surface area contributed by atoms with Crippen LogP contribution in [-0.4, -0.2) is 16.1 Å². The molecule has 0 fully saturated rings. The van der Waals surface area contributed by atoms with Gasteiger partial charge in [-0.2, -0.15) is 0 Å². The zero-order chi connectivity index (χ0) is 16.7. The molecule has 0 unspecified atom stereocenters. The van der Waals surface area contributed by atoms with Crippen molar-refractivity contribution in [3.8, 4) is 11.1 Å². The number of carboxylic acid groups (broad SMARTS) is 1. The molecule has 2 N–H and O–H groups in total. The number of aromatic amines is 1. The van der Waals surface area contributed by atoms with E-state index in [2.05, 4.69) is 4.98 Å². The molecular formula is C18H15F2NO2. The van der Waals surface area contributed by atoms with Gasteiger partial charge in [-0.05, 0) is 29.2 Å². The Hall–Kier alpha value is -2.69. The number of aromatic carboxylic acids is 1. The molecule has 0 saturated heterocycles. The van der Waals surface area contributed by atoms with Crippen LogP contribution in [0.3, 0.4) is 0 Å². The number of fused-ring (bicyclic) bond motifs is 1. The Morgan fingerprint density at radius 2 is 1.78 bits per heavy atom. The number of benzene rings is 2. The van der Waals surface area contributed by atoms with Gasteiger partial charge in [0.25, 0.3) is 0 Å². The van der Waals surface area contributed by atoms with Crippen molar-refractivity contribution in [3.05, 3.63) is 59.3 Å². The predicted octanol–water partition coefficient (Wildman–Crippen LogP) is 4.93. The molecule has 23 heavy (non-hydrogen) atoms. The maximum Gasteiger partial charge on any atom is 0.352 e. The molecule has 3 aromatic rings. The normalized spacial score (nSPS) is 11.3. The SMILES string of the molecule is CC(C)c1cccc2c(-c3cc(F)cc(F)c3)c(C(=O)O)[nH]c12. The summed E-state index contributed by atoms with van der Waals surface area (Å²) in [5.41, 5.74) is 2.06. The topological polar surface area (TPSA) is 53.1 Å². The van der Waals surface area contributed by atoms with Crippen molar-refractivity contribution in [3.63, 3.8) is 0 Å². The molecule has 0 spiro atoms. The minimum atomic E-state index is -1.17. The molecule has 3 nitrogen and oxygen atoms in total. The molecule has 0 aliphatic carbocycles. The molecule has 0 radical (unpaired) electrons. The number of H-pyrrole nitrogens is 1. The van der Waals surface area contributed by atoms with Crippen LogP contribution in [-0.2, 0) is 0 Å². The summed E-state index contributed by atoms with van der Waals surface area (Å²) in [5, 5.41) is 10.1. The summed E-state index contributed by atoms with van der Waals surface area (Å²) in [5.74, 6) is -2.48. The van der Waals surface area contributed by atoms with E-state index in [0.29, 0.717) is 16.5 Å². The minimum absolute atomic E-state index is 0.0712. The molecule has 1 heterocycles. The first-order chi connectivity index (χ1) is 10.9. The number of rotatable bonds is 3. The van der Waals surface area contributed by atoms with Gasteiger partial charge < -0.3 is 10.1 Å². The number of aromatic nitrogens is 1. The van der Waals surface area contributed by atoms with E-state index < -0.39 is 17.6 Å². The lowest BCUT2D eigenvalue weighted by Gasteiger charge is -2.07. The van der Waals surface area contributed by atoms with Gasteiger partial charge in [-0.15, -0.1) is 0 Å². The van der Waals surface area contributed by atoms with Crippen LogP contribution in [0.25, 0.3) is 22.0 Å². The lowest BCUT2D eigenvalue weighted by molar-refractivity contribution is 0.0692. The highest BCUT2D eigenvalue weighted by atomic mass is 19.1. The fraction of sp³-hybridized carbons (Fsp3) is 0.167. The number of hydrogen-bond acceptors (Lipinski definition) is 1. The predicted molar refractivity (Wildman–Crippen MR) is 84.7 cm³/mol. The molecule has 0 amide bonds. The Labute approximate surface area is 131 Å². The van der Waals surface area contributed by atoms with Crippen LogP contribution < -0.4 is 0 Å². The Bertz CT molecular complexity index is 893. The molecular weight excluding hydrogens is 300 g/mol. The van der Waals surface area contributed by atoms with Crippen LogP contribution in [0.5, 0.6) is 0 Å². The monoisotopic (exact) mass is 315 g/mol. The Balaban J connectivity index is 2.41. The van der Waals surface area contributed by atoms with Gasteiger partial charge in [0, 0.05) is 17.0 Å². The maximum absolute atomic E-state index is 13.6. The van der Waals surface area contributed by atoms with Gasteiger partial charge >= 0.3 is 5.97 Å². The highest BCUT2D eigenvalue weighted by molar-refractivity contribution is 6.08. The zero-order valence-electron chi connectivity index (χ0n) is 12.7. The number of carboxylic acids is 1. The van der Waals surface area contributed by atoms with Crippen molar-refractivity contribution in [2.45, 2.75) is 19.8 Å². The van der Waals surface area contributed by atoms with Crippen LogP contribution in [0.1, 0.15) is 35.8 Å². The molecule has 0 aliphatic rings. The highest BCUT2D eigenvalue weighted by Gasteiger charge is 2.21. The summed E-state index contributed by atoms with van der Waals surface area (Å²) in [7, 11) is 0. The van der Waals surface area contributed by atoms with Crippen molar-refractivity contribution in [2.75, 3.05) is 0 Å². The molecule has 3 rings (SSSR count). The van der Waals surface area contributed by atoms with E-state index >= 15 is 0 Å². The van der Waals surface area contributed by atoms with Crippen molar-refractivity contribution in [1.82, 2.24) is 4.98 Å². The smallest absolute Gasteiger partial charge is 0.352 e. The summed E-state index contributed by atoms with van der Waals surface area (Å²) in [6.45, 7) is 4.00. The van der Waals surface area contributed by atoms with E-state index in [1.54, 1.807) is 6.07 Å². The van der Waals surface area contributed by atoms with Gasteiger partial charge in [-0.3, -0.25) is 0 Å². The number of halogens is 2. The first-order valence-electron chi connectivity index (χ1n) is 7.23. The lowest BCUT2D eigenvalue weighted by Crippen LogP contribution is -1.99. The summed E-state index contributed by atoms with van der Waals surface area (Å²) in [6, 6.07) is 8.52. The van der Waals surface area contributed by atoms with Crippen LogP contribution in [0, 0.1) is 11.6 Å². The van der Waals surface area contributed by atoms with Crippen LogP contribution in [0.15, 0.2) is 36.4 Å². The second kappa shape index (κ2) is 5.50. The third-order valence-corrected chi connectivity index (χ3v) is 3.85. The number of hydrogen-bond donors (Lipinski definition) is 2. The van der Waals surface area contributed by atoms with Crippen molar-refractivity contribution < 1.29 is 18.7 Å². The van der Waals surface area contributed by atoms with E-state index in [9.17, 15) is 18.7 Å². The summed E-state index contributed by atoms with van der Waals surface area (Å²) < 4.78 is 27.1. The van der Waals surface area contributed by atoms with Gasteiger partial charge in [0.1, 0.15) is 17.3 Å². The molecule has 0 saturated carbocycles. The lowest BCUT2D eigenvalue weighted by atomic mass is 9.97. The van der Waals surface area contributed by atoms with E-state index in [4.69, 9.17) is 0 Å². The second-order valence-electron chi connectivity index (χ2n) is 5.76. The largest absolute Gasteiger partial charge is 0.477 e. The van der Waals surface area contributed by atoms with Crippen LogP contribution in [0.2, 0.25) is 0 Å². The first-order valence-corrected chi connectivity index (χ1v) is 7.23. The van der Waals surface area contributed by atoms with E-state index in [1.807, 2.05) is 26.0 Å². The quantitative estimate of drug-likeness (QED) is 0.719. The van der Waals surface area contributed by atoms with Crippen LogP contribution >= 0.6 is 0 Å². The summed E-state index contributed by atoms with van der Waals surface area (Å²) >= 11 is 0. The van der Waals surface area contributed by atoms with Gasteiger partial charge in [-0.25, -0.2) is 13.6 Å². The Morgan fingerprint density at radius 3 is 2.35 bits per heavy atom. The molecule has 0 aliphatic heterocycles. The fourth-order valence-corrected chi connectivity index (χ4v) is 2.88. The first kappa shape index (κ1) is 15.2. The van der Waals surface area contributed by atoms with E-state index in [-0.39, 0.29) is 17.2 Å². The molecule has 5 heteroatoms. The van der Waals surface area contributed by atoms with E-state index in [0.717, 1.165) is 23.8 Å². The summed E-state index contributed by atoms with van der Waals surface area (Å²) in [4.78, 5) is 14.5. The number of para-hydroxylation sites is 1. The second-order valence-corrected chi connectivity index (χ2v) is 5.76. The third kappa shape index (κ3) is 2.59. The maximum atomic E-state index is 13.6. The molecule has 2 aromatic carbocycles. The van der Waals surface area contributed by atoms with Gasteiger partial charge in [0.05, 0.1) is 5.52 Å². The molecule has 118 valence electrons. The third-order valence-electron chi connectivity index (χ3n) is 3.85. The van der Waals surface area contributed by atoms with Crippen molar-refractivity contribution in [1.29, 1.82) is 0 Å². The van der Waals surface area contributed by atoms with Gasteiger partial charge in [0.2, 0.25) is 0 Å².